The smallest absolute Gasteiger partial charge is 0.222 e. The van der Waals surface area contributed by atoms with Crippen molar-refractivity contribution in [2.75, 3.05) is 12.4 Å². The zero-order chi connectivity index (χ0) is 15.7. The number of phenols is 1. The predicted molar refractivity (Wildman–Crippen MR) is 85.9 cm³/mol. The van der Waals surface area contributed by atoms with Crippen LogP contribution in [0.2, 0.25) is 5.02 Å². The molecule has 2 aromatic heterocycles. The Morgan fingerprint density at radius 1 is 1.27 bits per heavy atom. The summed E-state index contributed by atoms with van der Waals surface area (Å²) in [7, 11) is 3.59. The first-order chi connectivity index (χ1) is 10.6. The number of aromatic nitrogens is 4. The molecule has 6 nitrogen and oxygen atoms in total. The van der Waals surface area contributed by atoms with Gasteiger partial charge in [-0.05, 0) is 24.3 Å². The SMILES string of the molecule is CNc1nccc(-c2cn(C)nc2-c2cc(O)cc(Cl)c2)n1. The second kappa shape index (κ2) is 5.65. The van der Waals surface area contributed by atoms with E-state index >= 15 is 0 Å². The lowest BCUT2D eigenvalue weighted by atomic mass is 10.1. The molecular formula is C15H14ClN5O. The number of nitrogens with zero attached hydrogens (tertiary/aromatic N) is 4. The van der Waals surface area contributed by atoms with Crippen LogP contribution in [-0.2, 0) is 7.05 Å². The molecule has 0 bridgehead atoms. The van der Waals surface area contributed by atoms with Crippen LogP contribution in [0, 0.1) is 0 Å². The normalized spacial score (nSPS) is 10.7. The summed E-state index contributed by atoms with van der Waals surface area (Å²) in [6, 6.07) is 6.67. The van der Waals surface area contributed by atoms with Crippen molar-refractivity contribution < 1.29 is 5.11 Å². The molecule has 1 aromatic carbocycles. The molecule has 3 rings (SSSR count). The summed E-state index contributed by atoms with van der Waals surface area (Å²) in [5.41, 5.74) is 3.00. The van der Waals surface area contributed by atoms with Crippen molar-refractivity contribution in [3.05, 3.63) is 41.7 Å². The fourth-order valence-electron chi connectivity index (χ4n) is 2.23. The van der Waals surface area contributed by atoms with Crippen molar-refractivity contribution in [3.8, 4) is 28.3 Å². The predicted octanol–water partition coefficient (Wildman–Crippen LogP) is 2.94. The molecule has 0 spiro atoms. The minimum atomic E-state index is 0.0951. The van der Waals surface area contributed by atoms with E-state index in [1.54, 1.807) is 30.1 Å². The summed E-state index contributed by atoms with van der Waals surface area (Å²) in [5, 5.41) is 17.6. The van der Waals surface area contributed by atoms with Crippen LogP contribution in [0.1, 0.15) is 0 Å². The monoisotopic (exact) mass is 315 g/mol. The van der Waals surface area contributed by atoms with Crippen LogP contribution in [0.3, 0.4) is 0 Å². The maximum absolute atomic E-state index is 9.75. The Morgan fingerprint density at radius 2 is 2.09 bits per heavy atom. The van der Waals surface area contributed by atoms with E-state index in [4.69, 9.17) is 11.6 Å². The first-order valence-corrected chi connectivity index (χ1v) is 6.99. The molecule has 0 fully saturated rings. The standard InChI is InChI=1S/C15H14ClN5O/c1-17-15-18-4-3-13(19-15)12-8-21(2)20-14(12)9-5-10(16)7-11(22)6-9/h3-8,22H,1-2H3,(H,17,18,19). The number of benzene rings is 1. The molecule has 0 aliphatic rings. The van der Waals surface area contributed by atoms with Gasteiger partial charge in [-0.1, -0.05) is 11.6 Å². The molecule has 0 unspecified atom stereocenters. The van der Waals surface area contributed by atoms with Gasteiger partial charge in [-0.3, -0.25) is 4.68 Å². The van der Waals surface area contributed by atoms with Gasteiger partial charge in [-0.15, -0.1) is 0 Å². The quantitative estimate of drug-likeness (QED) is 0.777. The van der Waals surface area contributed by atoms with Gasteiger partial charge in [0.05, 0.1) is 5.69 Å². The molecule has 0 saturated carbocycles. The van der Waals surface area contributed by atoms with Gasteiger partial charge in [0.25, 0.3) is 0 Å². The highest BCUT2D eigenvalue weighted by Gasteiger charge is 2.15. The first-order valence-electron chi connectivity index (χ1n) is 6.61. The molecule has 0 saturated heterocycles. The van der Waals surface area contributed by atoms with E-state index in [9.17, 15) is 5.11 Å². The zero-order valence-electron chi connectivity index (χ0n) is 12.1. The fraction of sp³-hybridized carbons (Fsp3) is 0.133. The minimum absolute atomic E-state index is 0.0951. The second-order valence-corrected chi connectivity index (χ2v) is 5.22. The summed E-state index contributed by atoms with van der Waals surface area (Å²) >= 11 is 6.02. The van der Waals surface area contributed by atoms with Crippen LogP contribution >= 0.6 is 11.6 Å². The number of anilines is 1. The third-order valence-corrected chi connectivity index (χ3v) is 3.36. The van der Waals surface area contributed by atoms with Gasteiger partial charge in [0.2, 0.25) is 5.95 Å². The lowest BCUT2D eigenvalue weighted by molar-refractivity contribution is 0.475. The Morgan fingerprint density at radius 3 is 2.82 bits per heavy atom. The summed E-state index contributed by atoms with van der Waals surface area (Å²) in [5.74, 6) is 0.624. The number of aryl methyl sites for hydroxylation is 1. The van der Waals surface area contributed by atoms with Crippen LogP contribution < -0.4 is 5.32 Å². The summed E-state index contributed by atoms with van der Waals surface area (Å²) in [6.45, 7) is 0. The molecule has 0 radical (unpaired) electrons. The highest BCUT2D eigenvalue weighted by atomic mass is 35.5. The number of rotatable bonds is 3. The molecule has 3 aromatic rings. The Balaban J connectivity index is 2.17. The van der Waals surface area contributed by atoms with Gasteiger partial charge in [0.15, 0.2) is 0 Å². The zero-order valence-corrected chi connectivity index (χ0v) is 12.8. The molecule has 0 atom stereocenters. The largest absolute Gasteiger partial charge is 0.508 e. The van der Waals surface area contributed by atoms with Crippen LogP contribution in [0.4, 0.5) is 5.95 Å². The van der Waals surface area contributed by atoms with Crippen molar-refractivity contribution in [3.63, 3.8) is 0 Å². The van der Waals surface area contributed by atoms with Gasteiger partial charge in [-0.25, -0.2) is 9.97 Å². The highest BCUT2D eigenvalue weighted by Crippen LogP contribution is 2.33. The van der Waals surface area contributed by atoms with Gasteiger partial charge in [0, 0.05) is 42.6 Å². The maximum Gasteiger partial charge on any atom is 0.222 e. The average Bonchev–Trinajstić information content (AvgIpc) is 2.88. The third-order valence-electron chi connectivity index (χ3n) is 3.14. The van der Waals surface area contributed by atoms with Crippen LogP contribution in [0.15, 0.2) is 36.7 Å². The molecule has 2 N–H and O–H groups in total. The molecule has 22 heavy (non-hydrogen) atoms. The lowest BCUT2D eigenvalue weighted by Gasteiger charge is -2.05. The van der Waals surface area contributed by atoms with Crippen molar-refractivity contribution >= 4 is 17.5 Å². The lowest BCUT2D eigenvalue weighted by Crippen LogP contribution is -1.96. The Hall–Kier alpha value is -2.60. The van der Waals surface area contributed by atoms with Crippen LogP contribution in [-0.4, -0.2) is 31.9 Å². The maximum atomic E-state index is 9.75. The van der Waals surface area contributed by atoms with E-state index < -0.39 is 0 Å². The summed E-state index contributed by atoms with van der Waals surface area (Å²) < 4.78 is 1.70. The van der Waals surface area contributed by atoms with Gasteiger partial charge >= 0.3 is 0 Å². The van der Waals surface area contributed by atoms with Crippen molar-refractivity contribution in [1.82, 2.24) is 19.7 Å². The number of aromatic hydroxyl groups is 1. The Bertz CT molecular complexity index is 810. The van der Waals surface area contributed by atoms with E-state index in [0.29, 0.717) is 16.7 Å². The second-order valence-electron chi connectivity index (χ2n) is 4.78. The van der Waals surface area contributed by atoms with Crippen molar-refractivity contribution in [2.45, 2.75) is 0 Å². The molecular weight excluding hydrogens is 302 g/mol. The van der Waals surface area contributed by atoms with E-state index in [0.717, 1.165) is 16.8 Å². The van der Waals surface area contributed by atoms with E-state index in [1.165, 1.54) is 6.07 Å². The number of nitrogens with one attached hydrogen (secondary N) is 1. The third kappa shape index (κ3) is 2.73. The molecule has 0 amide bonds. The molecule has 0 aliphatic carbocycles. The minimum Gasteiger partial charge on any atom is -0.508 e. The topological polar surface area (TPSA) is 75.9 Å². The van der Waals surface area contributed by atoms with Crippen LogP contribution in [0.25, 0.3) is 22.5 Å². The van der Waals surface area contributed by atoms with Crippen LogP contribution in [0.5, 0.6) is 5.75 Å². The highest BCUT2D eigenvalue weighted by molar-refractivity contribution is 6.31. The average molecular weight is 316 g/mol. The number of hydrogen-bond acceptors (Lipinski definition) is 5. The van der Waals surface area contributed by atoms with E-state index in [2.05, 4.69) is 20.4 Å². The first kappa shape index (κ1) is 14.3. The van der Waals surface area contributed by atoms with E-state index in [-0.39, 0.29) is 5.75 Å². The fourth-order valence-corrected chi connectivity index (χ4v) is 2.46. The number of hydrogen-bond donors (Lipinski definition) is 2. The summed E-state index contributed by atoms with van der Waals surface area (Å²) in [4.78, 5) is 8.55. The Kier molecular flexibility index (Phi) is 3.68. The molecule has 2 heterocycles. The van der Waals surface area contributed by atoms with Crippen molar-refractivity contribution in [1.29, 1.82) is 0 Å². The molecule has 112 valence electrons. The number of halogens is 1. The van der Waals surface area contributed by atoms with Gasteiger partial charge in [0.1, 0.15) is 11.4 Å². The molecule has 7 heteroatoms. The summed E-state index contributed by atoms with van der Waals surface area (Å²) in [6.07, 6.45) is 3.55. The van der Waals surface area contributed by atoms with Crippen molar-refractivity contribution in [2.24, 2.45) is 7.05 Å². The molecule has 0 aliphatic heterocycles. The Labute approximate surface area is 132 Å². The van der Waals surface area contributed by atoms with Gasteiger partial charge < -0.3 is 10.4 Å². The van der Waals surface area contributed by atoms with E-state index in [1.807, 2.05) is 19.3 Å². The number of phenolic OH excluding ortho intramolecular Hbond substituents is 1. The van der Waals surface area contributed by atoms with Gasteiger partial charge in [-0.2, -0.15) is 5.10 Å².